The highest BCUT2D eigenvalue weighted by Crippen LogP contribution is 2.26. The average Bonchev–Trinajstić information content (AvgIpc) is 3.00. The van der Waals surface area contributed by atoms with Crippen LogP contribution in [0.1, 0.15) is 36.8 Å². The van der Waals surface area contributed by atoms with Crippen LogP contribution in [0.5, 0.6) is 0 Å². The van der Waals surface area contributed by atoms with Crippen LogP contribution in [0.25, 0.3) is 5.82 Å². The van der Waals surface area contributed by atoms with Crippen LogP contribution in [-0.2, 0) is 5.41 Å². The van der Waals surface area contributed by atoms with Gasteiger partial charge in [-0.05, 0) is 18.2 Å². The molecule has 1 amide bonds. The Hall–Kier alpha value is -3.22. The Morgan fingerprint density at radius 1 is 1.20 bits per heavy atom. The first kappa shape index (κ1) is 16.6. The van der Waals surface area contributed by atoms with E-state index in [0.29, 0.717) is 17.2 Å². The lowest BCUT2D eigenvalue weighted by atomic mass is 9.92. The third kappa shape index (κ3) is 3.65. The SMILES string of the molecule is CC(C)(C)c1cc(NC(=O)c2ccc(=O)[nH]c2)n(-c2ccccn2)n1. The molecule has 7 heteroatoms. The minimum absolute atomic E-state index is 0.183. The topological polar surface area (TPSA) is 92.7 Å². The first-order chi connectivity index (χ1) is 11.8. The number of hydrogen-bond acceptors (Lipinski definition) is 4. The average molecular weight is 337 g/mol. The van der Waals surface area contributed by atoms with Crippen molar-refractivity contribution >= 4 is 11.7 Å². The number of aromatic amines is 1. The van der Waals surface area contributed by atoms with Crippen LogP contribution >= 0.6 is 0 Å². The number of hydrogen-bond donors (Lipinski definition) is 2. The molecule has 3 rings (SSSR count). The fourth-order valence-corrected chi connectivity index (χ4v) is 2.23. The maximum Gasteiger partial charge on any atom is 0.258 e. The van der Waals surface area contributed by atoms with Gasteiger partial charge < -0.3 is 10.3 Å². The predicted molar refractivity (Wildman–Crippen MR) is 95.1 cm³/mol. The Bertz CT molecular complexity index is 931. The largest absolute Gasteiger partial charge is 0.328 e. The molecule has 0 spiro atoms. The molecule has 7 nitrogen and oxygen atoms in total. The summed E-state index contributed by atoms with van der Waals surface area (Å²) in [5, 5.41) is 7.43. The molecule has 0 fully saturated rings. The summed E-state index contributed by atoms with van der Waals surface area (Å²) < 4.78 is 1.60. The van der Waals surface area contributed by atoms with Gasteiger partial charge in [0.2, 0.25) is 5.56 Å². The van der Waals surface area contributed by atoms with E-state index in [9.17, 15) is 9.59 Å². The molecule has 0 aromatic carbocycles. The molecule has 0 saturated heterocycles. The molecule has 25 heavy (non-hydrogen) atoms. The molecule has 2 N–H and O–H groups in total. The lowest BCUT2D eigenvalue weighted by molar-refractivity contribution is 0.102. The third-order valence-corrected chi connectivity index (χ3v) is 3.63. The molecule has 0 radical (unpaired) electrons. The summed E-state index contributed by atoms with van der Waals surface area (Å²) in [7, 11) is 0. The molecular weight excluding hydrogens is 318 g/mol. The summed E-state index contributed by atoms with van der Waals surface area (Å²) in [6.07, 6.45) is 3.05. The van der Waals surface area contributed by atoms with Gasteiger partial charge in [0.15, 0.2) is 5.82 Å². The second kappa shape index (κ2) is 6.35. The monoisotopic (exact) mass is 337 g/mol. The van der Waals surface area contributed by atoms with Crippen LogP contribution in [-0.4, -0.2) is 25.7 Å². The van der Waals surface area contributed by atoms with E-state index >= 15 is 0 Å². The summed E-state index contributed by atoms with van der Waals surface area (Å²) in [6, 6.07) is 10.1. The van der Waals surface area contributed by atoms with E-state index in [0.717, 1.165) is 5.69 Å². The lowest BCUT2D eigenvalue weighted by Gasteiger charge is -2.13. The van der Waals surface area contributed by atoms with Crippen molar-refractivity contribution in [2.24, 2.45) is 0 Å². The van der Waals surface area contributed by atoms with E-state index in [1.807, 2.05) is 45.0 Å². The highest BCUT2D eigenvalue weighted by Gasteiger charge is 2.22. The summed E-state index contributed by atoms with van der Waals surface area (Å²) in [5.41, 5.74) is 0.739. The Kier molecular flexibility index (Phi) is 4.22. The first-order valence-corrected chi connectivity index (χ1v) is 7.86. The van der Waals surface area contributed by atoms with Crippen molar-refractivity contribution in [3.05, 3.63) is 70.4 Å². The molecule has 0 saturated carbocycles. The number of amides is 1. The number of rotatable bonds is 3. The van der Waals surface area contributed by atoms with Gasteiger partial charge in [0.25, 0.3) is 5.91 Å². The maximum absolute atomic E-state index is 12.5. The van der Waals surface area contributed by atoms with Crippen LogP contribution < -0.4 is 10.9 Å². The van der Waals surface area contributed by atoms with E-state index in [-0.39, 0.29) is 16.9 Å². The fourth-order valence-electron chi connectivity index (χ4n) is 2.23. The molecule has 3 aromatic heterocycles. The number of nitrogens with one attached hydrogen (secondary N) is 2. The zero-order valence-corrected chi connectivity index (χ0v) is 14.3. The van der Waals surface area contributed by atoms with Gasteiger partial charge >= 0.3 is 0 Å². The summed E-state index contributed by atoms with van der Waals surface area (Å²) in [6.45, 7) is 6.14. The Labute approximate surface area is 144 Å². The molecule has 3 heterocycles. The van der Waals surface area contributed by atoms with E-state index in [1.54, 1.807) is 10.9 Å². The number of carbonyl (C=O) groups is 1. The van der Waals surface area contributed by atoms with Crippen molar-refractivity contribution in [1.82, 2.24) is 19.7 Å². The Morgan fingerprint density at radius 3 is 2.60 bits per heavy atom. The summed E-state index contributed by atoms with van der Waals surface area (Å²) in [4.78, 5) is 30.4. The van der Waals surface area contributed by atoms with Crippen molar-refractivity contribution in [2.75, 3.05) is 5.32 Å². The van der Waals surface area contributed by atoms with Crippen molar-refractivity contribution in [3.63, 3.8) is 0 Å². The van der Waals surface area contributed by atoms with Crippen molar-refractivity contribution < 1.29 is 4.79 Å². The molecule has 0 bridgehead atoms. The Morgan fingerprint density at radius 2 is 2.00 bits per heavy atom. The van der Waals surface area contributed by atoms with Crippen LogP contribution in [0.15, 0.2) is 53.6 Å². The van der Waals surface area contributed by atoms with Crippen LogP contribution in [0.2, 0.25) is 0 Å². The zero-order valence-electron chi connectivity index (χ0n) is 14.3. The third-order valence-electron chi connectivity index (χ3n) is 3.63. The van der Waals surface area contributed by atoms with Crippen molar-refractivity contribution in [2.45, 2.75) is 26.2 Å². The lowest BCUT2D eigenvalue weighted by Crippen LogP contribution is -2.17. The molecule has 0 aliphatic heterocycles. The number of aromatic nitrogens is 4. The molecule has 0 aliphatic rings. The van der Waals surface area contributed by atoms with Gasteiger partial charge in [0.05, 0.1) is 11.3 Å². The predicted octanol–water partition coefficient (Wildman–Crippen LogP) is 2.51. The molecule has 0 unspecified atom stereocenters. The van der Waals surface area contributed by atoms with Gasteiger partial charge in [0, 0.05) is 29.9 Å². The summed E-state index contributed by atoms with van der Waals surface area (Å²) >= 11 is 0. The second-order valence-electron chi connectivity index (χ2n) is 6.66. The van der Waals surface area contributed by atoms with Crippen LogP contribution in [0, 0.1) is 0 Å². The van der Waals surface area contributed by atoms with E-state index in [1.165, 1.54) is 18.3 Å². The number of pyridine rings is 2. The highest BCUT2D eigenvalue weighted by molar-refractivity contribution is 6.03. The highest BCUT2D eigenvalue weighted by atomic mass is 16.2. The number of nitrogens with zero attached hydrogens (tertiary/aromatic N) is 3. The first-order valence-electron chi connectivity index (χ1n) is 7.86. The minimum Gasteiger partial charge on any atom is -0.328 e. The summed E-state index contributed by atoms with van der Waals surface area (Å²) in [5.74, 6) is 0.781. The zero-order chi connectivity index (χ0) is 18.0. The van der Waals surface area contributed by atoms with Crippen molar-refractivity contribution in [3.8, 4) is 5.82 Å². The Balaban J connectivity index is 1.99. The van der Waals surface area contributed by atoms with Gasteiger partial charge in [0.1, 0.15) is 5.82 Å². The normalized spacial score (nSPS) is 11.3. The molecule has 0 atom stereocenters. The fraction of sp³-hybridized carbons (Fsp3) is 0.222. The molecule has 3 aromatic rings. The van der Waals surface area contributed by atoms with Crippen molar-refractivity contribution in [1.29, 1.82) is 0 Å². The number of H-pyrrole nitrogens is 1. The molecule has 0 aliphatic carbocycles. The smallest absolute Gasteiger partial charge is 0.258 e. The van der Waals surface area contributed by atoms with Crippen LogP contribution in [0.3, 0.4) is 0 Å². The van der Waals surface area contributed by atoms with Gasteiger partial charge in [-0.25, -0.2) is 4.98 Å². The molecular formula is C18H19N5O2. The maximum atomic E-state index is 12.5. The number of carbonyl (C=O) groups excluding carboxylic acids is 1. The molecule has 128 valence electrons. The van der Waals surface area contributed by atoms with E-state index in [4.69, 9.17) is 0 Å². The number of anilines is 1. The van der Waals surface area contributed by atoms with Gasteiger partial charge in [-0.15, -0.1) is 0 Å². The quantitative estimate of drug-likeness (QED) is 0.768. The van der Waals surface area contributed by atoms with Crippen LogP contribution in [0.4, 0.5) is 5.82 Å². The van der Waals surface area contributed by atoms with E-state index < -0.39 is 0 Å². The van der Waals surface area contributed by atoms with Gasteiger partial charge in [-0.1, -0.05) is 26.8 Å². The van der Waals surface area contributed by atoms with Gasteiger partial charge in [-0.3, -0.25) is 9.59 Å². The minimum atomic E-state index is -0.339. The standard InChI is InChI=1S/C18H19N5O2/c1-18(2,3)13-10-15(23(22-13)14-6-4-5-9-19-14)21-17(25)12-7-8-16(24)20-11-12/h4-11H,1-3H3,(H,20,24)(H,21,25). The van der Waals surface area contributed by atoms with Gasteiger partial charge in [-0.2, -0.15) is 9.78 Å². The van der Waals surface area contributed by atoms with E-state index in [2.05, 4.69) is 20.4 Å². The second-order valence-corrected chi connectivity index (χ2v) is 6.66.